The molecule has 4 saturated heterocycles. The van der Waals surface area contributed by atoms with E-state index in [4.69, 9.17) is 14.5 Å². The molecule has 4 aliphatic heterocycles. The Hall–Kier alpha value is -1.51. The Balaban J connectivity index is 1.71. The zero-order valence-corrected chi connectivity index (χ0v) is 17.7. The number of hydrogen-bond donors (Lipinski definition) is 1. The predicted molar refractivity (Wildman–Crippen MR) is 101 cm³/mol. The minimum absolute atomic E-state index is 0.0282. The van der Waals surface area contributed by atoms with Crippen molar-refractivity contribution in [2.45, 2.75) is 90.3 Å². The van der Waals surface area contributed by atoms with Gasteiger partial charge in [-0.2, -0.15) is 0 Å². The van der Waals surface area contributed by atoms with Crippen molar-refractivity contribution >= 4 is 17.6 Å². The van der Waals surface area contributed by atoms with E-state index in [1.807, 2.05) is 13.8 Å². The summed E-state index contributed by atoms with van der Waals surface area (Å²) in [5, 5.41) is 1.34. The van der Waals surface area contributed by atoms with Crippen LogP contribution in [0, 0.1) is 23.7 Å². The lowest BCUT2D eigenvalue weighted by molar-refractivity contribution is -0.553. The number of Topliss-reactive ketones (excluding diaryl/α,β-unsaturated/α-hetero) is 1. The van der Waals surface area contributed by atoms with Crippen molar-refractivity contribution in [1.29, 1.82) is 0 Å². The second-order valence-corrected chi connectivity index (χ2v) is 9.29. The summed E-state index contributed by atoms with van der Waals surface area (Å²) in [4.78, 5) is 49.2. The highest BCUT2D eigenvalue weighted by Crippen LogP contribution is 2.60. The number of ketones is 1. The molecule has 1 N–H and O–H groups in total. The Labute approximate surface area is 171 Å². The molecular weight excluding hydrogens is 376 g/mol. The number of amides is 2. The van der Waals surface area contributed by atoms with Gasteiger partial charge in [-0.15, -0.1) is 0 Å². The van der Waals surface area contributed by atoms with Gasteiger partial charge in [0.25, 0.3) is 0 Å². The number of hydrogen-bond acceptors (Lipinski definition) is 6. The summed E-state index contributed by atoms with van der Waals surface area (Å²) in [5.41, 5.74) is 1.94. The van der Waals surface area contributed by atoms with Crippen LogP contribution in [0.5, 0.6) is 0 Å². The van der Waals surface area contributed by atoms with E-state index < -0.39 is 17.6 Å². The van der Waals surface area contributed by atoms with Crippen LogP contribution in [-0.4, -0.2) is 40.2 Å². The Morgan fingerprint density at radius 1 is 1.14 bits per heavy atom. The molecule has 0 aromatic heterocycles. The first kappa shape index (κ1) is 20.8. The van der Waals surface area contributed by atoms with Crippen LogP contribution in [0.3, 0.4) is 0 Å². The molecule has 5 rings (SSSR count). The van der Waals surface area contributed by atoms with Gasteiger partial charge in [0.1, 0.15) is 5.78 Å². The van der Waals surface area contributed by atoms with Crippen molar-refractivity contribution in [3.63, 3.8) is 0 Å². The van der Waals surface area contributed by atoms with E-state index in [2.05, 4.69) is 12.3 Å². The van der Waals surface area contributed by atoms with Crippen molar-refractivity contribution in [2.24, 2.45) is 23.7 Å². The van der Waals surface area contributed by atoms with Crippen molar-refractivity contribution in [3.05, 3.63) is 0 Å². The third-order valence-corrected chi connectivity index (χ3v) is 7.62. The van der Waals surface area contributed by atoms with Gasteiger partial charge < -0.3 is 9.53 Å². The molecule has 0 radical (unpaired) electrons. The van der Waals surface area contributed by atoms with Crippen LogP contribution in [-0.2, 0) is 28.9 Å². The fraction of sp³-hybridized carbons (Fsp3) is 0.857. The standard InChI is InChI=1S/C21H32N2O6/c1-5-20-11-10-15-12(2)6-8-16-14(4)18(26)23(22-17(25)9-7-13(3)24)19(27-20)21(15,16)29-28-20/h12,14-16,19H,5-11H2,1-4H3,(H,22,25). The molecule has 1 aliphatic carbocycles. The Morgan fingerprint density at radius 3 is 2.59 bits per heavy atom. The van der Waals surface area contributed by atoms with E-state index >= 15 is 0 Å². The molecule has 0 aromatic carbocycles. The smallest absolute Gasteiger partial charge is 0.246 e. The van der Waals surface area contributed by atoms with Crippen LogP contribution in [0.2, 0.25) is 0 Å². The lowest BCUT2D eigenvalue weighted by Crippen LogP contribution is -2.77. The highest BCUT2D eigenvalue weighted by Gasteiger charge is 2.71. The first-order chi connectivity index (χ1) is 13.7. The summed E-state index contributed by atoms with van der Waals surface area (Å²) in [6.07, 6.45) is 3.51. The summed E-state index contributed by atoms with van der Waals surface area (Å²) >= 11 is 0. The number of hydrazine groups is 1. The number of ether oxygens (including phenoxy) is 1. The monoisotopic (exact) mass is 408 g/mol. The van der Waals surface area contributed by atoms with Gasteiger partial charge in [0.15, 0.2) is 11.8 Å². The molecule has 5 fully saturated rings. The lowest BCUT2D eigenvalue weighted by atomic mass is 9.57. The maximum Gasteiger partial charge on any atom is 0.246 e. The zero-order chi connectivity index (χ0) is 21.0. The fourth-order valence-corrected chi connectivity index (χ4v) is 5.88. The normalized spacial score (nSPS) is 43.5. The molecule has 5 aliphatic rings. The average molecular weight is 408 g/mol. The van der Waals surface area contributed by atoms with Gasteiger partial charge in [-0.3, -0.25) is 15.0 Å². The van der Waals surface area contributed by atoms with Crippen LogP contribution in [0.4, 0.5) is 0 Å². The van der Waals surface area contributed by atoms with Gasteiger partial charge in [-0.1, -0.05) is 20.8 Å². The minimum Gasteiger partial charge on any atom is -0.319 e. The number of nitrogens with zero attached hydrogens (tertiary/aromatic N) is 1. The first-order valence-corrected chi connectivity index (χ1v) is 10.9. The third kappa shape index (κ3) is 3.11. The molecule has 7 atom stereocenters. The Kier molecular flexibility index (Phi) is 5.24. The third-order valence-electron chi connectivity index (χ3n) is 7.62. The van der Waals surface area contributed by atoms with E-state index in [0.717, 1.165) is 19.3 Å². The van der Waals surface area contributed by atoms with E-state index in [-0.39, 0.29) is 48.2 Å². The molecule has 29 heavy (non-hydrogen) atoms. The molecular formula is C21H32N2O6. The van der Waals surface area contributed by atoms with Crippen molar-refractivity contribution in [2.75, 3.05) is 0 Å². The summed E-state index contributed by atoms with van der Waals surface area (Å²) in [5.74, 6) is -1.29. The van der Waals surface area contributed by atoms with Crippen LogP contribution in [0.15, 0.2) is 0 Å². The Bertz CT molecular complexity index is 713. The van der Waals surface area contributed by atoms with Crippen LogP contribution in [0.1, 0.15) is 72.6 Å². The maximum absolute atomic E-state index is 13.3. The summed E-state index contributed by atoms with van der Waals surface area (Å²) in [7, 11) is 0. The van der Waals surface area contributed by atoms with Gasteiger partial charge >= 0.3 is 0 Å². The van der Waals surface area contributed by atoms with Crippen LogP contribution in [0.25, 0.3) is 0 Å². The molecule has 2 amide bonds. The van der Waals surface area contributed by atoms with Crippen molar-refractivity contribution < 1.29 is 28.9 Å². The molecule has 8 nitrogen and oxygen atoms in total. The molecule has 4 heterocycles. The second-order valence-electron chi connectivity index (χ2n) is 9.29. The lowest BCUT2D eigenvalue weighted by Gasteiger charge is -2.61. The first-order valence-electron chi connectivity index (χ1n) is 10.9. The molecule has 1 saturated carbocycles. The molecule has 8 heteroatoms. The van der Waals surface area contributed by atoms with E-state index in [9.17, 15) is 14.4 Å². The highest BCUT2D eigenvalue weighted by atomic mass is 17.3. The minimum atomic E-state index is -0.916. The van der Waals surface area contributed by atoms with Crippen molar-refractivity contribution in [3.8, 4) is 0 Å². The fourth-order valence-electron chi connectivity index (χ4n) is 5.88. The van der Waals surface area contributed by atoms with E-state index in [1.165, 1.54) is 11.9 Å². The molecule has 0 aromatic rings. The molecule has 2 bridgehead atoms. The summed E-state index contributed by atoms with van der Waals surface area (Å²) < 4.78 is 6.46. The number of carbonyl (C=O) groups excluding carboxylic acids is 3. The maximum atomic E-state index is 13.3. The number of piperidine rings is 1. The van der Waals surface area contributed by atoms with Crippen LogP contribution < -0.4 is 5.43 Å². The quantitative estimate of drug-likeness (QED) is 0.703. The Morgan fingerprint density at radius 2 is 1.90 bits per heavy atom. The summed E-state index contributed by atoms with van der Waals surface area (Å²) in [6.45, 7) is 7.54. The van der Waals surface area contributed by atoms with Gasteiger partial charge in [0.05, 0.1) is 0 Å². The SMILES string of the molecule is CCC12CCC3C(C)CCC4C(C)C(=O)N(NC(=O)CCC(C)=O)C(O1)C34OO2. The van der Waals surface area contributed by atoms with Gasteiger partial charge in [-0.05, 0) is 38.0 Å². The largest absolute Gasteiger partial charge is 0.319 e. The average Bonchev–Trinajstić information content (AvgIpc) is 2.96. The van der Waals surface area contributed by atoms with Crippen molar-refractivity contribution in [1.82, 2.24) is 10.4 Å². The predicted octanol–water partition coefficient (Wildman–Crippen LogP) is 2.47. The second kappa shape index (κ2) is 7.32. The van der Waals surface area contributed by atoms with E-state index in [0.29, 0.717) is 18.8 Å². The number of rotatable bonds is 5. The molecule has 7 unspecified atom stereocenters. The number of fused-ring (bicyclic) bond motifs is 2. The zero-order valence-electron chi connectivity index (χ0n) is 17.7. The number of nitrogens with one attached hydrogen (secondary N) is 1. The molecule has 1 spiro atoms. The summed E-state index contributed by atoms with van der Waals surface area (Å²) in [6, 6.07) is 0. The number of carbonyl (C=O) groups is 3. The van der Waals surface area contributed by atoms with E-state index in [1.54, 1.807) is 0 Å². The van der Waals surface area contributed by atoms with Gasteiger partial charge in [0, 0.05) is 37.5 Å². The topological polar surface area (TPSA) is 94.2 Å². The van der Waals surface area contributed by atoms with Gasteiger partial charge in [-0.25, -0.2) is 14.8 Å². The van der Waals surface area contributed by atoms with Gasteiger partial charge in [0.2, 0.25) is 17.6 Å². The highest BCUT2D eigenvalue weighted by molar-refractivity contribution is 5.87. The molecule has 162 valence electrons. The van der Waals surface area contributed by atoms with Crippen LogP contribution >= 0.6 is 0 Å².